The van der Waals surface area contributed by atoms with Crippen molar-refractivity contribution in [3.63, 3.8) is 0 Å². The van der Waals surface area contributed by atoms with Crippen molar-refractivity contribution < 1.29 is 23.5 Å². The number of aryl methyl sites for hydroxylation is 1. The molecule has 0 unspecified atom stereocenters. The smallest absolute Gasteiger partial charge is 0.243 e. The van der Waals surface area contributed by atoms with Crippen LogP contribution in [0.3, 0.4) is 0 Å². The van der Waals surface area contributed by atoms with Crippen molar-refractivity contribution in [2.24, 2.45) is 11.3 Å². The highest BCUT2D eigenvalue weighted by atomic mass is 19.1. The number of allylic oxidation sites excluding steroid dienone is 2. The lowest BCUT2D eigenvalue weighted by atomic mass is 9.75. The summed E-state index contributed by atoms with van der Waals surface area (Å²) in [6.45, 7) is 4.27. The second-order valence-corrected chi connectivity index (χ2v) is 12.0. The zero-order chi connectivity index (χ0) is 29.5. The highest BCUT2D eigenvalue weighted by molar-refractivity contribution is 5.92. The Balaban J connectivity index is 1.31. The summed E-state index contributed by atoms with van der Waals surface area (Å²) in [4.78, 5) is 42.3. The fraction of sp³-hybridized carbons (Fsp3) is 0.485. The number of rotatable bonds is 5. The van der Waals surface area contributed by atoms with Crippen LogP contribution in [0.15, 0.2) is 60.7 Å². The van der Waals surface area contributed by atoms with Gasteiger partial charge in [0.25, 0.3) is 0 Å². The second-order valence-electron chi connectivity index (χ2n) is 12.0. The van der Waals surface area contributed by atoms with Gasteiger partial charge in [-0.15, -0.1) is 0 Å². The molecule has 8 nitrogen and oxygen atoms in total. The maximum atomic E-state index is 14.2. The molecule has 0 saturated carbocycles. The molecule has 3 N–H and O–H groups in total. The first-order valence-corrected chi connectivity index (χ1v) is 15.0. The summed E-state index contributed by atoms with van der Waals surface area (Å²) in [6.07, 6.45) is 7.82. The number of likely N-dealkylation sites (tertiary alicyclic amines) is 1. The molecule has 0 aromatic heterocycles. The third kappa shape index (κ3) is 7.44. The summed E-state index contributed by atoms with van der Waals surface area (Å²) >= 11 is 0. The molecule has 2 aromatic carbocycles. The monoisotopic (exact) mass is 576 g/mol. The van der Waals surface area contributed by atoms with Gasteiger partial charge in [0.15, 0.2) is 0 Å². The van der Waals surface area contributed by atoms with Crippen LogP contribution in [0, 0.1) is 24.1 Å². The number of nitrogens with one attached hydrogen (secondary N) is 3. The van der Waals surface area contributed by atoms with Crippen LogP contribution in [-0.2, 0) is 25.5 Å². The number of nitrogens with zero attached hydrogens (tertiary/aromatic N) is 1. The van der Waals surface area contributed by atoms with Crippen molar-refractivity contribution in [3.8, 4) is 0 Å². The van der Waals surface area contributed by atoms with Gasteiger partial charge in [0.2, 0.25) is 17.7 Å². The molecule has 1 spiro atoms. The number of ether oxygens (including phenoxy) is 1. The van der Waals surface area contributed by atoms with Crippen LogP contribution in [-0.4, -0.2) is 67.6 Å². The zero-order valence-electron chi connectivity index (χ0n) is 24.2. The number of halogens is 1. The lowest BCUT2D eigenvalue weighted by Crippen LogP contribution is -2.58. The van der Waals surface area contributed by atoms with Crippen molar-refractivity contribution >= 4 is 23.4 Å². The molecule has 0 radical (unpaired) electrons. The van der Waals surface area contributed by atoms with Crippen molar-refractivity contribution in [3.05, 3.63) is 77.6 Å². The highest BCUT2D eigenvalue weighted by Gasteiger charge is 2.41. The van der Waals surface area contributed by atoms with Crippen LogP contribution in [0.25, 0.3) is 0 Å². The molecular weight excluding hydrogens is 535 g/mol. The van der Waals surface area contributed by atoms with Crippen LogP contribution in [0.5, 0.6) is 0 Å². The summed E-state index contributed by atoms with van der Waals surface area (Å²) in [5.41, 5.74) is 1.43. The molecule has 3 aliphatic heterocycles. The molecule has 2 saturated heterocycles. The first-order valence-electron chi connectivity index (χ1n) is 15.0. The lowest BCUT2D eigenvalue weighted by molar-refractivity contribution is -0.140. The number of benzene rings is 2. The quantitative estimate of drug-likeness (QED) is 0.471. The Morgan fingerprint density at radius 1 is 1.10 bits per heavy atom. The average molecular weight is 577 g/mol. The molecular formula is C33H41FN4O4. The Hall–Kier alpha value is -3.56. The molecule has 3 amide bonds. The van der Waals surface area contributed by atoms with Gasteiger partial charge in [0.05, 0.1) is 17.6 Å². The standard InChI is InChI=1S/C33H41FN4O4/c1-23-10-11-26(34)28(19-23)35-30(39)22-38-16-12-27-25(21-38)9-5-6-13-33(14-17-42-18-15-33)32(41)37-29(31(40)36-27)20-24-7-3-2-4-8-24/h2-8,10-11,19,25,27,29H,9,12-18,20-22H2,1H3,(H,35,39)(H,36,40)(H,37,41)/b6-5+/t25-,27+,29+/m1/s1. The van der Waals surface area contributed by atoms with Gasteiger partial charge >= 0.3 is 0 Å². The maximum Gasteiger partial charge on any atom is 0.243 e. The number of carbonyl (C=O) groups is 3. The van der Waals surface area contributed by atoms with E-state index in [1.807, 2.05) is 37.3 Å². The predicted molar refractivity (Wildman–Crippen MR) is 159 cm³/mol. The predicted octanol–water partition coefficient (Wildman–Crippen LogP) is 3.75. The van der Waals surface area contributed by atoms with Crippen LogP contribution in [0.2, 0.25) is 0 Å². The summed E-state index contributed by atoms with van der Waals surface area (Å²) in [5, 5.41) is 9.09. The van der Waals surface area contributed by atoms with E-state index in [9.17, 15) is 18.8 Å². The Labute approximate surface area is 247 Å². The Morgan fingerprint density at radius 2 is 1.88 bits per heavy atom. The van der Waals surface area contributed by atoms with Gasteiger partial charge in [-0.3, -0.25) is 19.3 Å². The minimum Gasteiger partial charge on any atom is -0.381 e. The summed E-state index contributed by atoms with van der Waals surface area (Å²) in [6, 6.07) is 13.6. The minimum atomic E-state index is -0.697. The normalized spacial score (nSPS) is 25.7. The minimum absolute atomic E-state index is 0.0839. The van der Waals surface area contributed by atoms with Crippen molar-refractivity contribution in [2.45, 2.75) is 57.5 Å². The number of piperidine rings is 1. The Morgan fingerprint density at radius 3 is 2.67 bits per heavy atom. The number of hydrogen-bond donors (Lipinski definition) is 3. The molecule has 5 rings (SSSR count). The molecule has 224 valence electrons. The van der Waals surface area contributed by atoms with Gasteiger partial charge in [0, 0.05) is 38.8 Å². The van der Waals surface area contributed by atoms with Gasteiger partial charge in [-0.2, -0.15) is 0 Å². The van der Waals surface area contributed by atoms with Crippen molar-refractivity contribution in [1.82, 2.24) is 15.5 Å². The Bertz CT molecular complexity index is 1290. The van der Waals surface area contributed by atoms with Gasteiger partial charge in [0.1, 0.15) is 11.9 Å². The largest absolute Gasteiger partial charge is 0.381 e. The third-order valence-electron chi connectivity index (χ3n) is 8.86. The zero-order valence-corrected chi connectivity index (χ0v) is 24.2. The highest BCUT2D eigenvalue weighted by Crippen LogP contribution is 2.36. The van der Waals surface area contributed by atoms with Gasteiger partial charge in [-0.25, -0.2) is 4.39 Å². The van der Waals surface area contributed by atoms with Crippen molar-refractivity contribution in [1.29, 1.82) is 0 Å². The molecule has 2 aromatic rings. The van der Waals surface area contributed by atoms with E-state index in [1.54, 1.807) is 12.1 Å². The average Bonchev–Trinajstić information content (AvgIpc) is 2.98. The van der Waals surface area contributed by atoms with E-state index in [4.69, 9.17) is 4.74 Å². The third-order valence-corrected chi connectivity index (χ3v) is 8.86. The fourth-order valence-corrected chi connectivity index (χ4v) is 6.33. The van der Waals surface area contributed by atoms with Crippen LogP contribution < -0.4 is 16.0 Å². The SMILES string of the molecule is Cc1ccc(F)c(NC(=O)CN2CC[C@@H]3NC(=O)[C@H](Cc4ccccc4)NC(=O)C4(C/C=C/C[C@@H]3C2)CCOCC4)c1. The van der Waals surface area contributed by atoms with E-state index in [0.717, 1.165) is 11.1 Å². The number of anilines is 1. The second kappa shape index (κ2) is 13.6. The lowest BCUT2D eigenvalue weighted by Gasteiger charge is -2.40. The van der Waals surface area contributed by atoms with Crippen LogP contribution in [0.1, 0.15) is 43.2 Å². The van der Waals surface area contributed by atoms with E-state index in [2.05, 4.69) is 33.0 Å². The van der Waals surface area contributed by atoms with Gasteiger partial charge < -0.3 is 20.7 Å². The van der Waals surface area contributed by atoms with E-state index < -0.39 is 17.3 Å². The van der Waals surface area contributed by atoms with E-state index in [-0.39, 0.29) is 41.9 Å². The van der Waals surface area contributed by atoms with E-state index >= 15 is 0 Å². The molecule has 3 aliphatic rings. The number of amides is 3. The first kappa shape index (κ1) is 29.9. The molecule has 3 atom stereocenters. The van der Waals surface area contributed by atoms with E-state index in [1.165, 1.54) is 6.07 Å². The van der Waals surface area contributed by atoms with E-state index in [0.29, 0.717) is 64.8 Å². The molecule has 2 fully saturated rings. The summed E-state index contributed by atoms with van der Waals surface area (Å²) in [5.74, 6) is -0.915. The molecule has 3 heterocycles. The number of fused-ring (bicyclic) bond motifs is 1. The topological polar surface area (TPSA) is 99.8 Å². The molecule has 0 aliphatic carbocycles. The Kier molecular flexibility index (Phi) is 9.69. The first-order chi connectivity index (χ1) is 20.3. The number of carbonyl (C=O) groups excluding carboxylic acids is 3. The fourth-order valence-electron chi connectivity index (χ4n) is 6.33. The molecule has 0 bridgehead atoms. The van der Waals surface area contributed by atoms with Gasteiger partial charge in [-0.05, 0) is 68.2 Å². The number of hydrogen-bond acceptors (Lipinski definition) is 5. The molecule has 42 heavy (non-hydrogen) atoms. The molecule has 9 heteroatoms. The van der Waals surface area contributed by atoms with Crippen LogP contribution >= 0.6 is 0 Å². The van der Waals surface area contributed by atoms with Crippen molar-refractivity contribution in [2.75, 3.05) is 38.2 Å². The van der Waals surface area contributed by atoms with Crippen LogP contribution in [0.4, 0.5) is 10.1 Å². The van der Waals surface area contributed by atoms with Gasteiger partial charge in [-0.1, -0.05) is 48.6 Å². The summed E-state index contributed by atoms with van der Waals surface area (Å²) < 4.78 is 19.8. The summed E-state index contributed by atoms with van der Waals surface area (Å²) in [7, 11) is 0. The maximum absolute atomic E-state index is 14.2.